The third kappa shape index (κ3) is 4.79. The Bertz CT molecular complexity index is 1070. The number of hydrogen-bond acceptors (Lipinski definition) is 7. The second-order valence-electron chi connectivity index (χ2n) is 7.47. The summed E-state index contributed by atoms with van der Waals surface area (Å²) in [6.45, 7) is 2.34. The Labute approximate surface area is 172 Å². The van der Waals surface area contributed by atoms with Gasteiger partial charge in [0.25, 0.3) is 0 Å². The fourth-order valence-corrected chi connectivity index (χ4v) is 8.85. The largest absolute Gasteiger partial charge is 0.495 e. The monoisotopic (exact) mass is 438 g/mol. The lowest BCUT2D eigenvalue weighted by molar-refractivity contribution is 0.266. The SMILES string of the molecule is COc1ccc(C)cc1S(=O)(=O)[C@H]1CS(=O)(=O)C[C@@H]1N(C)CCc1ccncc1. The van der Waals surface area contributed by atoms with Crippen LogP contribution in [0.1, 0.15) is 11.1 Å². The van der Waals surface area contributed by atoms with Gasteiger partial charge in [0.2, 0.25) is 0 Å². The number of hydrogen-bond donors (Lipinski definition) is 0. The summed E-state index contributed by atoms with van der Waals surface area (Å²) in [5.41, 5.74) is 1.83. The van der Waals surface area contributed by atoms with E-state index in [2.05, 4.69) is 4.98 Å². The van der Waals surface area contributed by atoms with E-state index in [4.69, 9.17) is 4.74 Å². The topological polar surface area (TPSA) is 93.6 Å². The normalized spacial score (nSPS) is 21.4. The molecular formula is C20H26N2O5S2. The van der Waals surface area contributed by atoms with Crippen LogP contribution >= 0.6 is 0 Å². The summed E-state index contributed by atoms with van der Waals surface area (Å²) in [6.07, 6.45) is 4.08. The van der Waals surface area contributed by atoms with Crippen molar-refractivity contribution in [1.29, 1.82) is 0 Å². The molecule has 29 heavy (non-hydrogen) atoms. The number of ether oxygens (including phenoxy) is 1. The molecule has 1 aliphatic heterocycles. The van der Waals surface area contributed by atoms with Crippen LogP contribution in [0.5, 0.6) is 5.75 Å². The molecule has 9 heteroatoms. The smallest absolute Gasteiger partial charge is 0.187 e. The van der Waals surface area contributed by atoms with Gasteiger partial charge in [-0.25, -0.2) is 16.8 Å². The molecule has 3 rings (SSSR count). The molecule has 0 spiro atoms. The van der Waals surface area contributed by atoms with Crippen LogP contribution < -0.4 is 4.74 Å². The highest BCUT2D eigenvalue weighted by Gasteiger charge is 2.48. The van der Waals surface area contributed by atoms with Crippen molar-refractivity contribution in [1.82, 2.24) is 9.88 Å². The molecule has 158 valence electrons. The Hall–Kier alpha value is -1.97. The standard InChI is InChI=1S/C20H26N2O5S2/c1-15-4-5-18(27-3)19(12-15)29(25,26)20-14-28(23,24)13-17(20)22(2)11-8-16-6-9-21-10-7-16/h4-7,9-10,12,17,20H,8,11,13-14H2,1-3H3/t17-,20-/m0/s1. The molecule has 0 aliphatic carbocycles. The van der Waals surface area contributed by atoms with E-state index in [-0.39, 0.29) is 22.2 Å². The minimum atomic E-state index is -3.91. The zero-order valence-corrected chi connectivity index (χ0v) is 18.4. The van der Waals surface area contributed by atoms with E-state index in [0.29, 0.717) is 13.0 Å². The van der Waals surface area contributed by atoms with Crippen molar-refractivity contribution < 1.29 is 21.6 Å². The van der Waals surface area contributed by atoms with Crippen LogP contribution in [0.15, 0.2) is 47.6 Å². The molecular weight excluding hydrogens is 412 g/mol. The number of pyridine rings is 1. The first kappa shape index (κ1) is 21.7. The van der Waals surface area contributed by atoms with Crippen molar-refractivity contribution in [2.45, 2.75) is 29.5 Å². The summed E-state index contributed by atoms with van der Waals surface area (Å²) in [5, 5.41) is -1.04. The highest BCUT2D eigenvalue weighted by Crippen LogP contribution is 2.33. The van der Waals surface area contributed by atoms with E-state index in [1.54, 1.807) is 44.6 Å². The highest BCUT2D eigenvalue weighted by atomic mass is 32.2. The summed E-state index contributed by atoms with van der Waals surface area (Å²) < 4.78 is 57.0. The lowest BCUT2D eigenvalue weighted by Crippen LogP contribution is -2.45. The average Bonchev–Trinajstić information content (AvgIpc) is 3.03. The predicted molar refractivity (Wildman–Crippen MR) is 112 cm³/mol. The molecule has 0 unspecified atom stereocenters. The van der Waals surface area contributed by atoms with Crippen LogP contribution in [0.2, 0.25) is 0 Å². The number of likely N-dealkylation sites (N-methyl/N-ethyl adjacent to an activating group) is 1. The van der Waals surface area contributed by atoms with E-state index < -0.39 is 31.0 Å². The van der Waals surface area contributed by atoms with Gasteiger partial charge in [-0.1, -0.05) is 6.07 Å². The van der Waals surface area contributed by atoms with Crippen LogP contribution in [0.3, 0.4) is 0 Å². The first-order valence-electron chi connectivity index (χ1n) is 9.32. The molecule has 1 fully saturated rings. The molecule has 0 saturated carbocycles. The number of nitrogens with zero attached hydrogens (tertiary/aromatic N) is 2. The Balaban J connectivity index is 1.90. The van der Waals surface area contributed by atoms with Gasteiger partial charge in [0.05, 0.1) is 23.9 Å². The van der Waals surface area contributed by atoms with E-state index in [9.17, 15) is 16.8 Å². The maximum absolute atomic E-state index is 13.5. The maximum atomic E-state index is 13.5. The molecule has 1 aromatic carbocycles. The van der Waals surface area contributed by atoms with Gasteiger partial charge >= 0.3 is 0 Å². The van der Waals surface area contributed by atoms with E-state index in [1.165, 1.54) is 7.11 Å². The second-order valence-corrected chi connectivity index (χ2v) is 11.8. The Morgan fingerprint density at radius 2 is 1.86 bits per heavy atom. The number of benzene rings is 1. The minimum absolute atomic E-state index is 0.0506. The molecule has 1 aromatic heterocycles. The van der Waals surface area contributed by atoms with Crippen molar-refractivity contribution in [3.63, 3.8) is 0 Å². The van der Waals surface area contributed by atoms with Gasteiger partial charge in [-0.2, -0.15) is 0 Å². The zero-order valence-electron chi connectivity index (χ0n) is 16.8. The predicted octanol–water partition coefficient (Wildman–Crippen LogP) is 1.51. The van der Waals surface area contributed by atoms with E-state index in [0.717, 1.165) is 11.1 Å². The van der Waals surface area contributed by atoms with Crippen LogP contribution in [0.4, 0.5) is 0 Å². The van der Waals surface area contributed by atoms with Crippen molar-refractivity contribution in [2.75, 3.05) is 32.2 Å². The molecule has 1 saturated heterocycles. The van der Waals surface area contributed by atoms with Crippen LogP contribution in [0, 0.1) is 6.92 Å². The van der Waals surface area contributed by atoms with Crippen molar-refractivity contribution in [3.8, 4) is 5.75 Å². The number of aromatic nitrogens is 1. The van der Waals surface area contributed by atoms with Crippen molar-refractivity contribution >= 4 is 19.7 Å². The van der Waals surface area contributed by atoms with Crippen LogP contribution in [-0.2, 0) is 26.1 Å². The Kier molecular flexibility index (Phi) is 6.30. The molecule has 0 amide bonds. The number of sulfone groups is 2. The van der Waals surface area contributed by atoms with Gasteiger partial charge in [-0.05, 0) is 55.8 Å². The van der Waals surface area contributed by atoms with Gasteiger partial charge < -0.3 is 9.64 Å². The fourth-order valence-electron chi connectivity index (χ4n) is 3.69. The minimum Gasteiger partial charge on any atom is -0.495 e. The Morgan fingerprint density at radius 1 is 1.17 bits per heavy atom. The summed E-state index contributed by atoms with van der Waals surface area (Å²) in [7, 11) is -4.18. The fraction of sp³-hybridized carbons (Fsp3) is 0.450. The summed E-state index contributed by atoms with van der Waals surface area (Å²) >= 11 is 0. The lowest BCUT2D eigenvalue weighted by atomic mass is 10.1. The first-order chi connectivity index (χ1) is 13.6. The van der Waals surface area contributed by atoms with Crippen molar-refractivity contribution in [2.24, 2.45) is 0 Å². The highest BCUT2D eigenvalue weighted by molar-refractivity contribution is 7.96. The second kappa shape index (κ2) is 8.41. The third-order valence-electron chi connectivity index (χ3n) is 5.36. The zero-order chi connectivity index (χ0) is 21.2. The maximum Gasteiger partial charge on any atom is 0.187 e. The summed E-state index contributed by atoms with van der Waals surface area (Å²) in [6, 6.07) is 8.09. The van der Waals surface area contributed by atoms with Crippen molar-refractivity contribution in [3.05, 3.63) is 53.9 Å². The van der Waals surface area contributed by atoms with E-state index >= 15 is 0 Å². The molecule has 2 aromatic rings. The first-order valence-corrected chi connectivity index (χ1v) is 12.7. The number of methoxy groups -OCH3 is 1. The van der Waals surface area contributed by atoms with Gasteiger partial charge in [-0.3, -0.25) is 4.98 Å². The number of aryl methyl sites for hydroxylation is 1. The Morgan fingerprint density at radius 3 is 2.52 bits per heavy atom. The third-order valence-corrected chi connectivity index (χ3v) is 9.50. The average molecular weight is 439 g/mol. The van der Waals surface area contributed by atoms with Gasteiger partial charge in [-0.15, -0.1) is 0 Å². The van der Waals surface area contributed by atoms with Gasteiger partial charge in [0.15, 0.2) is 19.7 Å². The quantitative estimate of drug-likeness (QED) is 0.647. The molecule has 7 nitrogen and oxygen atoms in total. The number of rotatable bonds is 7. The van der Waals surface area contributed by atoms with E-state index in [1.807, 2.05) is 17.0 Å². The van der Waals surface area contributed by atoms with Gasteiger partial charge in [0.1, 0.15) is 10.6 Å². The summed E-state index contributed by atoms with van der Waals surface area (Å²) in [4.78, 5) is 5.88. The van der Waals surface area contributed by atoms with Crippen LogP contribution in [0.25, 0.3) is 0 Å². The molecule has 0 N–H and O–H groups in total. The van der Waals surface area contributed by atoms with Gasteiger partial charge in [0, 0.05) is 25.0 Å². The van der Waals surface area contributed by atoms with Crippen LogP contribution in [-0.4, -0.2) is 70.2 Å². The molecule has 2 atom stereocenters. The summed E-state index contributed by atoms with van der Waals surface area (Å²) in [5.74, 6) is -0.313. The molecule has 1 aliphatic rings. The molecule has 2 heterocycles. The molecule has 0 radical (unpaired) electrons. The molecule has 0 bridgehead atoms. The lowest BCUT2D eigenvalue weighted by Gasteiger charge is -2.28.